The maximum atomic E-state index is 13.2. The molecule has 0 bridgehead atoms. The van der Waals surface area contributed by atoms with Gasteiger partial charge in [0.1, 0.15) is 0 Å². The number of halogens is 4. The fourth-order valence-corrected chi connectivity index (χ4v) is 2.84. The van der Waals surface area contributed by atoms with Crippen LogP contribution in [0.25, 0.3) is 0 Å². The fourth-order valence-electron chi connectivity index (χ4n) is 2.84. The molecule has 7 heteroatoms. The zero-order valence-corrected chi connectivity index (χ0v) is 12.9. The summed E-state index contributed by atoms with van der Waals surface area (Å²) in [4.78, 5) is 12.0. The van der Waals surface area contributed by atoms with Crippen molar-refractivity contribution in [3.05, 3.63) is 35.1 Å². The fraction of sp³-hybridized carbons (Fsp3) is 0.533. The second-order valence-corrected chi connectivity index (χ2v) is 5.47. The van der Waals surface area contributed by atoms with Crippen LogP contribution in [0.5, 0.6) is 0 Å². The first-order valence-electron chi connectivity index (χ1n) is 7.18. The highest BCUT2D eigenvalue weighted by Gasteiger charge is 2.25. The molecule has 0 heterocycles. The maximum absolute atomic E-state index is 13.2. The van der Waals surface area contributed by atoms with Crippen molar-refractivity contribution in [2.75, 3.05) is 6.54 Å². The third-order valence-electron chi connectivity index (χ3n) is 4.04. The van der Waals surface area contributed by atoms with E-state index in [1.807, 2.05) is 0 Å². The van der Waals surface area contributed by atoms with Crippen LogP contribution < -0.4 is 11.1 Å². The molecule has 1 aromatic rings. The maximum Gasteiger partial charge on any atom is 0.251 e. The minimum Gasteiger partial charge on any atom is -0.348 e. The summed E-state index contributed by atoms with van der Waals surface area (Å²) in [7, 11) is 0. The molecule has 0 radical (unpaired) electrons. The second kappa shape index (κ2) is 8.39. The van der Waals surface area contributed by atoms with Gasteiger partial charge >= 0.3 is 0 Å². The normalized spacial score (nSPS) is 16.7. The third-order valence-corrected chi connectivity index (χ3v) is 4.04. The highest BCUT2D eigenvalue weighted by atomic mass is 35.5. The van der Waals surface area contributed by atoms with Gasteiger partial charge in [-0.3, -0.25) is 4.79 Å². The van der Waals surface area contributed by atoms with Crippen LogP contribution in [-0.2, 0) is 0 Å². The predicted molar refractivity (Wildman–Crippen MR) is 80.4 cm³/mol. The summed E-state index contributed by atoms with van der Waals surface area (Å²) >= 11 is 0. The average molecular weight is 337 g/mol. The van der Waals surface area contributed by atoms with E-state index in [0.717, 1.165) is 25.7 Å². The summed E-state index contributed by atoms with van der Waals surface area (Å²) in [6.07, 6.45) is 5.33. The Bertz CT molecular complexity index is 499. The third kappa shape index (κ3) is 4.36. The summed E-state index contributed by atoms with van der Waals surface area (Å²) in [5.41, 5.74) is 5.46. The predicted octanol–water partition coefficient (Wildman–Crippen LogP) is 3.16. The zero-order valence-electron chi connectivity index (χ0n) is 12.1. The van der Waals surface area contributed by atoms with Gasteiger partial charge in [0.2, 0.25) is 0 Å². The first-order chi connectivity index (χ1) is 10.0. The molecule has 3 N–H and O–H groups in total. The first kappa shape index (κ1) is 18.8. The van der Waals surface area contributed by atoms with Crippen molar-refractivity contribution in [2.24, 2.45) is 11.7 Å². The molecule has 0 spiro atoms. The molecule has 1 aliphatic carbocycles. The topological polar surface area (TPSA) is 55.1 Å². The number of amides is 1. The average Bonchev–Trinajstić information content (AvgIpc) is 2.50. The molecule has 1 saturated carbocycles. The van der Waals surface area contributed by atoms with Crippen molar-refractivity contribution >= 4 is 18.3 Å². The van der Waals surface area contributed by atoms with Gasteiger partial charge in [-0.2, -0.15) is 0 Å². The molecular weight excluding hydrogens is 317 g/mol. The Morgan fingerprint density at radius 2 is 1.73 bits per heavy atom. The highest BCUT2D eigenvalue weighted by molar-refractivity contribution is 5.94. The van der Waals surface area contributed by atoms with Gasteiger partial charge in [0.05, 0.1) is 0 Å². The Labute approximate surface area is 133 Å². The summed E-state index contributed by atoms with van der Waals surface area (Å²) in [5.74, 6) is -4.67. The quantitative estimate of drug-likeness (QED) is 0.830. The second-order valence-electron chi connectivity index (χ2n) is 5.47. The van der Waals surface area contributed by atoms with Crippen molar-refractivity contribution in [1.29, 1.82) is 0 Å². The van der Waals surface area contributed by atoms with Crippen molar-refractivity contribution in [3.63, 3.8) is 0 Å². The lowest BCUT2D eigenvalue weighted by atomic mass is 9.84. The molecule has 2 rings (SSSR count). The van der Waals surface area contributed by atoms with Gasteiger partial charge in [-0.25, -0.2) is 13.2 Å². The molecule has 1 unspecified atom stereocenters. The lowest BCUT2D eigenvalue weighted by molar-refractivity contribution is 0.0914. The van der Waals surface area contributed by atoms with Crippen LogP contribution >= 0.6 is 12.4 Å². The van der Waals surface area contributed by atoms with E-state index in [4.69, 9.17) is 5.73 Å². The SMILES string of the molecule is Cl.NCC(NC(=O)c1cc(F)c(F)c(F)c1)C1CCCCC1. The molecule has 124 valence electrons. The number of carbonyl (C=O) groups is 1. The van der Waals surface area contributed by atoms with Gasteiger partial charge in [-0.15, -0.1) is 12.4 Å². The number of nitrogens with two attached hydrogens (primary N) is 1. The Kier molecular flexibility index (Phi) is 7.16. The minimum atomic E-state index is -1.57. The molecule has 1 aliphatic rings. The van der Waals surface area contributed by atoms with Gasteiger partial charge in [0.25, 0.3) is 5.91 Å². The van der Waals surface area contributed by atoms with E-state index in [1.165, 1.54) is 6.42 Å². The van der Waals surface area contributed by atoms with Crippen LogP contribution in [0.4, 0.5) is 13.2 Å². The van der Waals surface area contributed by atoms with Crippen LogP contribution in [-0.4, -0.2) is 18.5 Å². The van der Waals surface area contributed by atoms with Crippen molar-refractivity contribution in [2.45, 2.75) is 38.1 Å². The van der Waals surface area contributed by atoms with Gasteiger partial charge in [0.15, 0.2) is 17.5 Å². The van der Waals surface area contributed by atoms with Crippen LogP contribution in [0.1, 0.15) is 42.5 Å². The van der Waals surface area contributed by atoms with Crippen LogP contribution in [0.3, 0.4) is 0 Å². The summed E-state index contributed by atoms with van der Waals surface area (Å²) in [6, 6.07) is 1.17. The summed E-state index contributed by atoms with van der Waals surface area (Å²) in [5, 5.41) is 2.71. The number of hydrogen-bond donors (Lipinski definition) is 2. The largest absolute Gasteiger partial charge is 0.348 e. The molecule has 0 saturated heterocycles. The first-order valence-corrected chi connectivity index (χ1v) is 7.18. The van der Waals surface area contributed by atoms with E-state index in [0.29, 0.717) is 12.1 Å². The number of hydrogen-bond acceptors (Lipinski definition) is 2. The Balaban J connectivity index is 0.00000242. The zero-order chi connectivity index (χ0) is 15.4. The van der Waals surface area contributed by atoms with Gasteiger partial charge in [0, 0.05) is 18.2 Å². The number of carbonyl (C=O) groups excluding carboxylic acids is 1. The van der Waals surface area contributed by atoms with E-state index in [-0.39, 0.29) is 36.5 Å². The summed E-state index contributed by atoms with van der Waals surface area (Å²) in [6.45, 7) is 0.266. The highest BCUT2D eigenvalue weighted by Crippen LogP contribution is 2.26. The molecule has 1 fully saturated rings. The lowest BCUT2D eigenvalue weighted by Crippen LogP contribution is -2.46. The van der Waals surface area contributed by atoms with Crippen molar-refractivity contribution in [1.82, 2.24) is 5.32 Å². The lowest BCUT2D eigenvalue weighted by Gasteiger charge is -2.30. The summed E-state index contributed by atoms with van der Waals surface area (Å²) < 4.78 is 39.2. The van der Waals surface area contributed by atoms with Crippen molar-refractivity contribution < 1.29 is 18.0 Å². The monoisotopic (exact) mass is 336 g/mol. The number of rotatable bonds is 4. The molecule has 0 aromatic heterocycles. The Morgan fingerprint density at radius 3 is 2.23 bits per heavy atom. The number of nitrogens with one attached hydrogen (secondary N) is 1. The van der Waals surface area contributed by atoms with E-state index in [9.17, 15) is 18.0 Å². The molecule has 1 atom stereocenters. The van der Waals surface area contributed by atoms with E-state index < -0.39 is 23.4 Å². The van der Waals surface area contributed by atoms with Crippen molar-refractivity contribution in [3.8, 4) is 0 Å². The molecule has 1 aromatic carbocycles. The molecule has 3 nitrogen and oxygen atoms in total. The van der Waals surface area contributed by atoms with Crippen LogP contribution in [0, 0.1) is 23.4 Å². The smallest absolute Gasteiger partial charge is 0.251 e. The molecule has 0 aliphatic heterocycles. The minimum absolute atomic E-state index is 0. The molecule has 1 amide bonds. The van der Waals surface area contributed by atoms with Gasteiger partial charge < -0.3 is 11.1 Å². The molecular formula is C15H20ClF3N2O. The van der Waals surface area contributed by atoms with E-state index in [2.05, 4.69) is 5.32 Å². The standard InChI is InChI=1S/C15H19F3N2O.ClH/c16-11-6-10(7-12(17)14(11)18)15(21)20-13(8-19)9-4-2-1-3-5-9;/h6-7,9,13H,1-5,8,19H2,(H,20,21);1H. The van der Waals surface area contributed by atoms with E-state index >= 15 is 0 Å². The van der Waals surface area contributed by atoms with Gasteiger partial charge in [-0.05, 0) is 30.9 Å². The number of benzene rings is 1. The van der Waals surface area contributed by atoms with E-state index in [1.54, 1.807) is 0 Å². The molecule has 22 heavy (non-hydrogen) atoms. The Morgan fingerprint density at radius 1 is 1.18 bits per heavy atom. The van der Waals surface area contributed by atoms with Crippen LogP contribution in [0.2, 0.25) is 0 Å². The van der Waals surface area contributed by atoms with Gasteiger partial charge in [-0.1, -0.05) is 19.3 Å². The van der Waals surface area contributed by atoms with Crippen LogP contribution in [0.15, 0.2) is 12.1 Å². The Hall–Kier alpha value is -1.27.